The van der Waals surface area contributed by atoms with E-state index in [1.54, 1.807) is 12.1 Å². The van der Waals surface area contributed by atoms with Crippen LogP contribution in [0.15, 0.2) is 54.1 Å². The molecule has 2 nitrogen and oxygen atoms in total. The van der Waals surface area contributed by atoms with E-state index in [1.807, 2.05) is 4.90 Å². The first-order valence-corrected chi connectivity index (χ1v) is 11.0. The fourth-order valence-electron chi connectivity index (χ4n) is 5.08. The van der Waals surface area contributed by atoms with Gasteiger partial charge in [0.05, 0.1) is 6.04 Å². The van der Waals surface area contributed by atoms with Gasteiger partial charge in [-0.15, -0.1) is 6.42 Å². The zero-order chi connectivity index (χ0) is 21.1. The minimum absolute atomic E-state index is 0.0605. The molecule has 0 bridgehead atoms. The van der Waals surface area contributed by atoms with Gasteiger partial charge in [0.15, 0.2) is 0 Å². The quantitative estimate of drug-likeness (QED) is 0.424. The molecule has 0 unspecified atom stereocenters. The number of rotatable bonds is 6. The van der Waals surface area contributed by atoms with E-state index in [0.29, 0.717) is 0 Å². The minimum Gasteiger partial charge on any atom is -0.318 e. The van der Waals surface area contributed by atoms with Crippen LogP contribution in [0.3, 0.4) is 0 Å². The van der Waals surface area contributed by atoms with Crippen molar-refractivity contribution in [2.45, 2.75) is 64.0 Å². The smallest absolute Gasteiger partial charge is 0.299 e. The molecule has 4 rings (SSSR count). The van der Waals surface area contributed by atoms with Crippen LogP contribution in [0.5, 0.6) is 0 Å². The van der Waals surface area contributed by atoms with E-state index in [2.05, 4.69) is 37.1 Å². The van der Waals surface area contributed by atoms with Crippen molar-refractivity contribution in [3.8, 4) is 12.3 Å². The second kappa shape index (κ2) is 8.88. The number of hydrogen-bond acceptors (Lipinski definition) is 1. The lowest BCUT2D eigenvalue weighted by molar-refractivity contribution is -0.129. The van der Waals surface area contributed by atoms with Gasteiger partial charge in [-0.3, -0.25) is 4.79 Å². The molecule has 1 aliphatic carbocycles. The molecule has 30 heavy (non-hydrogen) atoms. The van der Waals surface area contributed by atoms with Gasteiger partial charge < -0.3 is 4.90 Å². The average Bonchev–Trinajstić information content (AvgIpc) is 3.14. The monoisotopic (exact) mass is 401 g/mol. The van der Waals surface area contributed by atoms with Gasteiger partial charge in [0.2, 0.25) is 0 Å². The maximum absolute atomic E-state index is 13.6. The van der Waals surface area contributed by atoms with Crippen LogP contribution in [0, 0.1) is 18.2 Å². The summed E-state index contributed by atoms with van der Waals surface area (Å²) in [6.07, 6.45) is 12.8. The summed E-state index contributed by atoms with van der Waals surface area (Å²) in [5, 5.41) is 0. The molecule has 154 valence electrons. The van der Waals surface area contributed by atoms with Crippen molar-refractivity contribution in [3.63, 3.8) is 0 Å². The molecule has 2 atom stereocenters. The van der Waals surface area contributed by atoms with Crippen LogP contribution in [0.1, 0.15) is 68.2 Å². The topological polar surface area (TPSA) is 20.3 Å². The lowest BCUT2D eigenvalue weighted by Crippen LogP contribution is -2.45. The predicted octanol–water partition coefficient (Wildman–Crippen LogP) is 6.08. The van der Waals surface area contributed by atoms with Crippen molar-refractivity contribution in [3.05, 3.63) is 76.6 Å². The lowest BCUT2D eigenvalue weighted by Gasteiger charge is -2.43. The Labute approximate surface area is 178 Å². The second-order valence-electron chi connectivity index (χ2n) is 8.36. The number of amides is 1. The molecule has 2 aliphatic rings. The summed E-state index contributed by atoms with van der Waals surface area (Å²) in [6, 6.07) is 14.9. The van der Waals surface area contributed by atoms with E-state index in [0.717, 1.165) is 37.7 Å². The number of fused-ring (bicyclic) bond motifs is 2. The fourth-order valence-corrected chi connectivity index (χ4v) is 5.08. The highest BCUT2D eigenvalue weighted by Crippen LogP contribution is 2.49. The molecule has 1 aliphatic heterocycles. The second-order valence-corrected chi connectivity index (χ2v) is 8.36. The normalized spacial score (nSPS) is 20.0. The third kappa shape index (κ3) is 3.79. The van der Waals surface area contributed by atoms with E-state index in [1.165, 1.54) is 47.2 Å². The fraction of sp³-hybridized carbons (Fsp3) is 0.370. The average molecular weight is 402 g/mol. The Kier molecular flexibility index (Phi) is 6.04. The number of carbonyl (C=O) groups is 1. The molecule has 0 radical (unpaired) electrons. The summed E-state index contributed by atoms with van der Waals surface area (Å²) in [5.41, 5.74) is 6.11. The molecule has 0 N–H and O–H groups in total. The van der Waals surface area contributed by atoms with Crippen molar-refractivity contribution in [2.75, 3.05) is 0 Å². The molecule has 0 fully saturated rings. The molecular formula is C27H28FNO. The summed E-state index contributed by atoms with van der Waals surface area (Å²) in [5.74, 6) is 1.82. The van der Waals surface area contributed by atoms with E-state index < -0.39 is 0 Å². The van der Waals surface area contributed by atoms with Crippen LogP contribution in [0.4, 0.5) is 4.39 Å². The Hall–Kier alpha value is -2.86. The minimum atomic E-state index is -0.274. The number of nitrogens with zero attached hydrogens (tertiary/aromatic N) is 1. The summed E-state index contributed by atoms with van der Waals surface area (Å²) >= 11 is 0. The van der Waals surface area contributed by atoms with Crippen LogP contribution in [-0.4, -0.2) is 16.8 Å². The summed E-state index contributed by atoms with van der Waals surface area (Å²) < 4.78 is 13.6. The molecular weight excluding hydrogens is 373 g/mol. The van der Waals surface area contributed by atoms with Crippen LogP contribution >= 0.6 is 0 Å². The van der Waals surface area contributed by atoms with Gasteiger partial charge in [0.1, 0.15) is 5.82 Å². The number of carbonyl (C=O) groups excluding carboxylic acids is 1. The Morgan fingerprint density at radius 1 is 1.13 bits per heavy atom. The SMILES string of the molecule is C#CC(=O)N1[C@@H](CCCCCC)CC2=C(Cc3ccccc32)[C@@H]1c1ccc(F)cc1. The Balaban J connectivity index is 1.77. The standard InChI is InChI=1S/C27H28FNO/c1-3-5-6-7-11-22-18-24-23-12-9-8-10-20(23)17-25(24)27(29(22)26(30)4-2)19-13-15-21(28)16-14-19/h2,8-10,12-16,22,27H,3,5-7,11,17-18H2,1H3/t22-,27-/m0/s1. The maximum atomic E-state index is 13.6. The molecule has 1 amide bonds. The number of unbranched alkanes of at least 4 members (excludes halogenated alkanes) is 3. The highest BCUT2D eigenvalue weighted by Gasteiger charge is 2.41. The number of benzene rings is 2. The van der Waals surface area contributed by atoms with Crippen LogP contribution in [-0.2, 0) is 11.2 Å². The van der Waals surface area contributed by atoms with Gasteiger partial charge in [-0.25, -0.2) is 4.39 Å². The van der Waals surface area contributed by atoms with Gasteiger partial charge >= 0.3 is 0 Å². The van der Waals surface area contributed by atoms with Crippen molar-refractivity contribution < 1.29 is 9.18 Å². The molecule has 0 aromatic heterocycles. The van der Waals surface area contributed by atoms with E-state index in [-0.39, 0.29) is 23.8 Å². The molecule has 2 aromatic rings. The van der Waals surface area contributed by atoms with Gasteiger partial charge in [0.25, 0.3) is 5.91 Å². The zero-order valence-corrected chi connectivity index (χ0v) is 17.5. The van der Waals surface area contributed by atoms with Crippen molar-refractivity contribution in [1.29, 1.82) is 0 Å². The first kappa shape index (κ1) is 20.4. The molecule has 0 spiro atoms. The van der Waals surface area contributed by atoms with E-state index in [9.17, 15) is 9.18 Å². The van der Waals surface area contributed by atoms with E-state index >= 15 is 0 Å². The summed E-state index contributed by atoms with van der Waals surface area (Å²) in [7, 11) is 0. The van der Waals surface area contributed by atoms with Crippen molar-refractivity contribution >= 4 is 11.5 Å². The summed E-state index contributed by atoms with van der Waals surface area (Å²) in [6.45, 7) is 2.20. The zero-order valence-electron chi connectivity index (χ0n) is 17.5. The Morgan fingerprint density at radius 3 is 2.63 bits per heavy atom. The number of terminal acetylenes is 1. The first-order valence-electron chi connectivity index (χ1n) is 11.0. The highest BCUT2D eigenvalue weighted by atomic mass is 19.1. The maximum Gasteiger partial charge on any atom is 0.299 e. The Morgan fingerprint density at radius 2 is 1.90 bits per heavy atom. The Bertz CT molecular complexity index is 998. The van der Waals surface area contributed by atoms with Crippen LogP contribution < -0.4 is 0 Å². The van der Waals surface area contributed by atoms with Gasteiger partial charge in [0, 0.05) is 6.04 Å². The highest BCUT2D eigenvalue weighted by molar-refractivity contribution is 5.95. The van der Waals surface area contributed by atoms with E-state index in [4.69, 9.17) is 6.42 Å². The number of hydrogen-bond donors (Lipinski definition) is 0. The van der Waals surface area contributed by atoms with Crippen molar-refractivity contribution in [1.82, 2.24) is 4.90 Å². The van der Waals surface area contributed by atoms with Crippen molar-refractivity contribution in [2.24, 2.45) is 0 Å². The molecule has 2 aromatic carbocycles. The lowest BCUT2D eigenvalue weighted by atomic mass is 9.83. The van der Waals surface area contributed by atoms with Crippen LogP contribution in [0.2, 0.25) is 0 Å². The predicted molar refractivity (Wildman–Crippen MR) is 119 cm³/mol. The molecule has 0 saturated carbocycles. The molecule has 0 saturated heterocycles. The summed E-state index contributed by atoms with van der Waals surface area (Å²) in [4.78, 5) is 14.9. The molecule has 3 heteroatoms. The molecule has 1 heterocycles. The van der Waals surface area contributed by atoms with Gasteiger partial charge in [-0.1, -0.05) is 69.0 Å². The van der Waals surface area contributed by atoms with Gasteiger partial charge in [-0.05, 0) is 65.2 Å². The third-order valence-corrected chi connectivity index (χ3v) is 6.49. The first-order chi connectivity index (χ1) is 14.6. The van der Waals surface area contributed by atoms with Gasteiger partial charge in [-0.2, -0.15) is 0 Å². The number of halogens is 1. The largest absolute Gasteiger partial charge is 0.318 e. The third-order valence-electron chi connectivity index (χ3n) is 6.49. The van der Waals surface area contributed by atoms with Crippen LogP contribution in [0.25, 0.3) is 5.57 Å².